The van der Waals surface area contributed by atoms with Crippen LogP contribution in [0.25, 0.3) is 0 Å². The molecular weight excluding hydrogens is 439 g/mol. The van der Waals surface area contributed by atoms with E-state index in [1.165, 1.54) is 5.32 Å². The molecule has 156 valence electrons. The molecule has 0 fully saturated rings. The number of para-hydroxylation sites is 1. The first-order chi connectivity index (χ1) is 12.9. The van der Waals surface area contributed by atoms with E-state index in [9.17, 15) is 23.1 Å². The number of carbonyl (C=O) groups excluding carboxylic acids is 1. The zero-order chi connectivity index (χ0) is 21.9. The Hall–Kier alpha value is -2.22. The van der Waals surface area contributed by atoms with Crippen LogP contribution in [0.3, 0.4) is 0 Å². The highest BCUT2D eigenvalue weighted by Crippen LogP contribution is 2.20. The van der Waals surface area contributed by atoms with E-state index in [2.05, 4.69) is 29.8 Å². The van der Waals surface area contributed by atoms with Gasteiger partial charge in [0, 0.05) is 11.5 Å². The second kappa shape index (κ2) is 12.3. The van der Waals surface area contributed by atoms with E-state index >= 15 is 0 Å². The minimum Gasteiger partial charge on any atom is -0.508 e. The molecule has 0 radical (unpaired) electrons. The molecule has 28 heavy (non-hydrogen) atoms. The Kier molecular flexibility index (Phi) is 11.3. The molecule has 2 aromatic carbocycles. The van der Waals surface area contributed by atoms with Crippen LogP contribution in [0.5, 0.6) is 11.5 Å². The third kappa shape index (κ3) is 10.8. The molecule has 0 aliphatic rings. The number of phenolic OH excluding ortho intramolecular Hbond substituents is 2. The van der Waals surface area contributed by atoms with Crippen molar-refractivity contribution in [1.29, 1.82) is 0 Å². The highest BCUT2D eigenvalue weighted by atomic mass is 79.9. The Labute approximate surface area is 171 Å². The number of hydrogen-bond acceptors (Lipinski definition) is 3. The van der Waals surface area contributed by atoms with Crippen LogP contribution in [-0.2, 0) is 11.2 Å². The van der Waals surface area contributed by atoms with Gasteiger partial charge in [0.05, 0.1) is 0 Å². The van der Waals surface area contributed by atoms with Crippen LogP contribution >= 0.6 is 15.9 Å². The van der Waals surface area contributed by atoms with Crippen molar-refractivity contribution < 1.29 is 28.2 Å². The summed E-state index contributed by atoms with van der Waals surface area (Å²) in [5, 5.41) is 19.8. The van der Waals surface area contributed by atoms with Crippen LogP contribution in [0.2, 0.25) is 0 Å². The van der Waals surface area contributed by atoms with E-state index in [4.69, 9.17) is 5.11 Å². The first-order valence-corrected chi connectivity index (χ1v) is 9.18. The minimum absolute atomic E-state index is 0.346. The molecule has 0 saturated carbocycles. The zero-order valence-electron chi connectivity index (χ0n) is 16.1. The molecule has 2 aromatic rings. The lowest BCUT2D eigenvalue weighted by Crippen LogP contribution is -2.33. The number of hydrogen-bond donors (Lipinski definition) is 3. The van der Waals surface area contributed by atoms with E-state index in [-0.39, 0.29) is 0 Å². The average molecular weight is 464 g/mol. The molecule has 4 nitrogen and oxygen atoms in total. The maximum atomic E-state index is 11.0. The van der Waals surface area contributed by atoms with Gasteiger partial charge in [0.1, 0.15) is 11.5 Å². The predicted molar refractivity (Wildman–Crippen MR) is 107 cm³/mol. The van der Waals surface area contributed by atoms with Crippen molar-refractivity contribution >= 4 is 21.8 Å². The number of benzene rings is 2. The maximum absolute atomic E-state index is 11.0. The molecule has 3 N–H and O–H groups in total. The Morgan fingerprint density at radius 1 is 1.11 bits per heavy atom. The van der Waals surface area contributed by atoms with Crippen molar-refractivity contribution in [2.45, 2.75) is 33.4 Å². The van der Waals surface area contributed by atoms with Crippen LogP contribution in [-0.4, -0.2) is 29.3 Å². The molecule has 1 amide bonds. The normalized spacial score (nSPS) is 10.3. The van der Waals surface area contributed by atoms with Crippen LogP contribution in [0.1, 0.15) is 25.0 Å². The molecule has 0 bridgehead atoms. The molecule has 0 spiro atoms. The van der Waals surface area contributed by atoms with Crippen LogP contribution in [0.4, 0.5) is 13.2 Å². The number of rotatable bonds is 2. The zero-order valence-corrected chi connectivity index (χ0v) is 17.7. The van der Waals surface area contributed by atoms with Gasteiger partial charge in [0.15, 0.2) is 0 Å². The number of amides is 1. The van der Waals surface area contributed by atoms with Gasteiger partial charge in [-0.1, -0.05) is 48.0 Å². The van der Waals surface area contributed by atoms with E-state index < -0.39 is 12.1 Å². The Morgan fingerprint density at radius 3 is 2.04 bits per heavy atom. The number of aromatic hydroxyl groups is 2. The third-order valence-electron chi connectivity index (χ3n) is 3.26. The second-order valence-electron chi connectivity index (χ2n) is 6.23. The summed E-state index contributed by atoms with van der Waals surface area (Å²) in [4.78, 5) is 9.60. The van der Waals surface area contributed by atoms with Gasteiger partial charge < -0.3 is 15.5 Å². The predicted octanol–water partition coefficient (Wildman–Crippen LogP) is 5.35. The summed E-state index contributed by atoms with van der Waals surface area (Å²) in [6.07, 6.45) is -3.79. The molecule has 0 aromatic heterocycles. The topological polar surface area (TPSA) is 69.6 Å². The molecular formula is C20H25BrF3NO3. The highest BCUT2D eigenvalue weighted by Gasteiger charge is 2.37. The van der Waals surface area contributed by atoms with Crippen LogP contribution in [0, 0.1) is 12.8 Å². The first kappa shape index (κ1) is 25.8. The van der Waals surface area contributed by atoms with Gasteiger partial charge in [-0.25, -0.2) is 0 Å². The summed E-state index contributed by atoms with van der Waals surface area (Å²) in [5.74, 6) is -0.555. The molecule has 2 rings (SSSR count). The second-order valence-corrected chi connectivity index (χ2v) is 7.15. The third-order valence-corrected chi connectivity index (χ3v) is 3.76. The summed E-state index contributed by atoms with van der Waals surface area (Å²) in [6, 6.07) is 12.8. The largest absolute Gasteiger partial charge is 0.508 e. The standard InChI is InChI=1S/C10H14O.C7H7BrO.C3H4F3NO/c1-8(2)7-9-5-3-4-6-10(9)11;1-5-4-6(8)2-3-7(5)9;1-7-2(8)3(4,5)6/h3-6,8,11H,7H2,1-2H3;2-4,9H,1H3;1H3,(H,7,8). The first-order valence-electron chi connectivity index (χ1n) is 8.39. The smallest absolute Gasteiger partial charge is 0.471 e. The fourth-order valence-corrected chi connectivity index (χ4v) is 2.36. The van der Waals surface area contributed by atoms with Gasteiger partial charge in [0.2, 0.25) is 0 Å². The van der Waals surface area contributed by atoms with Crippen molar-refractivity contribution in [2.24, 2.45) is 5.92 Å². The van der Waals surface area contributed by atoms with Gasteiger partial charge in [-0.2, -0.15) is 13.2 Å². The molecule has 0 saturated heterocycles. The van der Waals surface area contributed by atoms with Crippen molar-refractivity contribution in [3.8, 4) is 11.5 Å². The van der Waals surface area contributed by atoms with E-state index in [0.717, 1.165) is 29.1 Å². The van der Waals surface area contributed by atoms with Crippen LogP contribution < -0.4 is 5.32 Å². The summed E-state index contributed by atoms with van der Waals surface area (Å²) in [6.45, 7) is 6.15. The van der Waals surface area contributed by atoms with Gasteiger partial charge >= 0.3 is 12.1 Å². The van der Waals surface area contributed by atoms with E-state index in [1.807, 2.05) is 37.3 Å². The van der Waals surface area contributed by atoms with E-state index in [1.54, 1.807) is 12.1 Å². The van der Waals surface area contributed by atoms with Crippen molar-refractivity contribution in [2.75, 3.05) is 7.05 Å². The molecule has 0 aliphatic heterocycles. The molecule has 0 aliphatic carbocycles. The summed E-state index contributed by atoms with van der Waals surface area (Å²) in [7, 11) is 0.926. The fraction of sp³-hybridized carbons (Fsp3) is 0.350. The van der Waals surface area contributed by atoms with Gasteiger partial charge in [-0.3, -0.25) is 4.79 Å². The number of carbonyl (C=O) groups is 1. The maximum Gasteiger partial charge on any atom is 0.471 e. The fourth-order valence-electron chi connectivity index (χ4n) is 1.88. The summed E-state index contributed by atoms with van der Waals surface area (Å²) in [5.41, 5.74) is 1.94. The lowest BCUT2D eigenvalue weighted by Gasteiger charge is -2.05. The number of phenols is 2. The molecule has 0 atom stereocenters. The van der Waals surface area contributed by atoms with Crippen molar-refractivity contribution in [3.05, 3.63) is 58.1 Å². The van der Waals surface area contributed by atoms with E-state index in [0.29, 0.717) is 17.4 Å². The number of aryl methyl sites for hydroxylation is 1. The monoisotopic (exact) mass is 463 g/mol. The summed E-state index contributed by atoms with van der Waals surface area (Å²) < 4.78 is 34.1. The summed E-state index contributed by atoms with van der Waals surface area (Å²) >= 11 is 3.29. The lowest BCUT2D eigenvalue weighted by molar-refractivity contribution is -0.172. The SMILES string of the molecule is CC(C)Cc1ccccc1O.CNC(=O)C(F)(F)F.Cc1cc(Br)ccc1O. The lowest BCUT2D eigenvalue weighted by atomic mass is 10.0. The van der Waals surface area contributed by atoms with Crippen molar-refractivity contribution in [1.82, 2.24) is 5.32 Å². The van der Waals surface area contributed by atoms with Gasteiger partial charge in [-0.05, 0) is 54.7 Å². The highest BCUT2D eigenvalue weighted by molar-refractivity contribution is 9.10. The molecule has 0 heterocycles. The van der Waals surface area contributed by atoms with Gasteiger partial charge in [-0.15, -0.1) is 0 Å². The Morgan fingerprint density at radius 2 is 1.68 bits per heavy atom. The number of nitrogens with one attached hydrogen (secondary N) is 1. The average Bonchev–Trinajstić information content (AvgIpc) is 2.60. The minimum atomic E-state index is -4.74. The Bertz CT molecular complexity index is 750. The van der Waals surface area contributed by atoms with Crippen molar-refractivity contribution in [3.63, 3.8) is 0 Å². The Balaban J connectivity index is 0.000000397. The van der Waals surface area contributed by atoms with Gasteiger partial charge in [0.25, 0.3) is 0 Å². The molecule has 0 unspecified atom stereocenters. The number of alkyl halides is 3. The number of halogens is 4. The quantitative estimate of drug-likeness (QED) is 0.562. The van der Waals surface area contributed by atoms with Crippen LogP contribution in [0.15, 0.2) is 46.9 Å². The molecule has 8 heteroatoms.